The summed E-state index contributed by atoms with van der Waals surface area (Å²) in [6.07, 6.45) is 4.34. The Morgan fingerprint density at radius 1 is 0.724 bits per heavy atom. The van der Waals surface area contributed by atoms with E-state index in [4.69, 9.17) is 27.4 Å². The molecule has 23 heteroatoms. The zero-order valence-corrected chi connectivity index (χ0v) is 35.9. The molecule has 2 saturated heterocycles. The minimum absolute atomic E-state index is 0.0204. The van der Waals surface area contributed by atoms with E-state index in [2.05, 4.69) is 24.7 Å². The number of carbonyl (C=O) groups is 2. The van der Waals surface area contributed by atoms with Crippen LogP contribution in [0.2, 0.25) is 10.0 Å². The lowest BCUT2D eigenvalue weighted by molar-refractivity contribution is -0.122. The number of rotatable bonds is 14. The Kier molecular flexibility index (Phi) is 13.8. The number of benzene rings is 3. The maximum absolute atomic E-state index is 12.8. The minimum Gasteiger partial charge on any atom is -0.311 e. The summed E-state index contributed by atoms with van der Waals surface area (Å²) in [7, 11) is -11.3. The fourth-order valence-electron chi connectivity index (χ4n) is 5.98. The summed E-state index contributed by atoms with van der Waals surface area (Å²) in [5, 5.41) is 8.38. The molecule has 2 aliphatic rings. The molecule has 2 atom stereocenters. The Morgan fingerprint density at radius 3 is 1.67 bits per heavy atom. The second-order valence-electron chi connectivity index (χ2n) is 12.7. The van der Waals surface area contributed by atoms with Crippen LogP contribution in [0.5, 0.6) is 0 Å². The Balaban J connectivity index is 0.000000200. The molecule has 2 aliphatic heterocycles. The van der Waals surface area contributed by atoms with Crippen LogP contribution in [0.25, 0.3) is 0 Å². The third-order valence-electron chi connectivity index (χ3n) is 8.71. The van der Waals surface area contributed by atoms with Crippen molar-refractivity contribution >= 4 is 109 Å². The van der Waals surface area contributed by atoms with Crippen LogP contribution in [0.3, 0.4) is 0 Å². The first-order valence-electron chi connectivity index (χ1n) is 17.2. The molecule has 0 saturated carbocycles. The first-order chi connectivity index (χ1) is 27.5. The lowest BCUT2D eigenvalue weighted by atomic mass is 10.1. The highest BCUT2D eigenvalue weighted by molar-refractivity contribution is 7.93. The van der Waals surface area contributed by atoms with Crippen LogP contribution in [0.1, 0.15) is 18.4 Å². The molecule has 0 bridgehead atoms. The van der Waals surface area contributed by atoms with Gasteiger partial charge >= 0.3 is 0 Å². The number of halogens is 2. The monoisotopic (exact) mass is 927 g/mol. The van der Waals surface area contributed by atoms with Crippen molar-refractivity contribution in [1.29, 1.82) is 0 Å². The normalized spacial score (nSPS) is 17.3. The summed E-state index contributed by atoms with van der Waals surface area (Å²) in [6.45, 7) is 1.39. The van der Waals surface area contributed by atoms with Gasteiger partial charge < -0.3 is 15.1 Å². The third-order valence-corrected chi connectivity index (χ3v) is 14.3. The quantitative estimate of drug-likeness (QED) is 0.122. The van der Waals surface area contributed by atoms with E-state index in [0.29, 0.717) is 52.5 Å². The minimum atomic E-state index is -3.78. The molecule has 0 spiro atoms. The van der Waals surface area contributed by atoms with E-state index in [1.165, 1.54) is 65.0 Å². The average molecular weight is 929 g/mol. The number of nitrogens with zero attached hydrogens (tertiary/aromatic N) is 4. The predicted molar refractivity (Wildman–Crippen MR) is 224 cm³/mol. The van der Waals surface area contributed by atoms with Crippen molar-refractivity contribution < 1.29 is 39.0 Å². The number of amides is 2. The lowest BCUT2D eigenvalue weighted by Crippen LogP contribution is -2.39. The van der Waals surface area contributed by atoms with E-state index >= 15 is 0 Å². The largest absolute Gasteiger partial charge is 0.311 e. The van der Waals surface area contributed by atoms with Crippen molar-refractivity contribution in [3.8, 4) is 0 Å². The highest BCUT2D eigenvalue weighted by Gasteiger charge is 2.36. The molecule has 3 N–H and O–H groups in total. The fourth-order valence-corrected chi connectivity index (χ4v) is 10.7. The zero-order valence-electron chi connectivity index (χ0n) is 30.3. The van der Waals surface area contributed by atoms with Gasteiger partial charge in [-0.25, -0.2) is 26.8 Å². The molecule has 2 aromatic heterocycles. The number of nitrogens with one attached hydrogen (secondary N) is 3. The predicted octanol–water partition coefficient (Wildman–Crippen LogP) is 5.21. The average Bonchev–Trinajstić information content (AvgIpc) is 4.00. The van der Waals surface area contributed by atoms with Gasteiger partial charge in [-0.3, -0.25) is 23.2 Å². The lowest BCUT2D eigenvalue weighted by Gasteiger charge is -2.18. The molecule has 3 aromatic carbocycles. The fraction of sp³-hybridized carbons (Fsp3) is 0.257. The van der Waals surface area contributed by atoms with E-state index < -0.39 is 42.2 Å². The summed E-state index contributed by atoms with van der Waals surface area (Å²) in [4.78, 5) is 36.1. The molecular formula is C35H35Cl2N7O9S5. The van der Waals surface area contributed by atoms with Crippen LogP contribution in [-0.4, -0.2) is 85.1 Å². The highest BCUT2D eigenvalue weighted by Crippen LogP contribution is 2.28. The zero-order chi connectivity index (χ0) is 41.7. The molecule has 2 fully saturated rings. The molecular weight excluding hydrogens is 894 g/mol. The summed E-state index contributed by atoms with van der Waals surface area (Å²) in [5.41, 5.74) is 1.97. The number of hydrogen-bond donors (Lipinski definition) is 3. The smallest absolute Gasteiger partial charge is 0.265 e. The number of aromatic nitrogens is 2. The van der Waals surface area contributed by atoms with Crippen LogP contribution in [-0.2, 0) is 50.4 Å². The number of hydrogen-bond acceptors (Lipinski definition) is 14. The third kappa shape index (κ3) is 10.9. The highest BCUT2D eigenvalue weighted by atomic mass is 35.5. The summed E-state index contributed by atoms with van der Waals surface area (Å²) < 4.78 is 81.5. The van der Waals surface area contributed by atoms with Crippen LogP contribution < -0.4 is 24.6 Å². The number of thiazole rings is 2. The van der Waals surface area contributed by atoms with Crippen molar-refractivity contribution in [3.05, 3.63) is 105 Å². The second kappa shape index (κ2) is 18.4. The van der Waals surface area contributed by atoms with E-state index in [1.807, 2.05) is 0 Å². The van der Waals surface area contributed by atoms with E-state index in [1.54, 1.807) is 46.0 Å². The van der Waals surface area contributed by atoms with Gasteiger partial charge in [0.1, 0.15) is 0 Å². The molecule has 7 rings (SSSR count). The van der Waals surface area contributed by atoms with Gasteiger partial charge in [-0.15, -0.1) is 22.7 Å². The Labute approximate surface area is 353 Å². The van der Waals surface area contributed by atoms with Crippen LogP contribution in [0, 0.1) is 0 Å². The van der Waals surface area contributed by atoms with Crippen molar-refractivity contribution in [2.45, 2.75) is 41.2 Å². The molecule has 5 aromatic rings. The van der Waals surface area contributed by atoms with Crippen molar-refractivity contribution in [1.82, 2.24) is 15.3 Å². The number of sulfonamides is 2. The maximum atomic E-state index is 12.8. The molecule has 308 valence electrons. The molecule has 16 nitrogen and oxygen atoms in total. The molecule has 2 amide bonds. The first-order valence-corrected chi connectivity index (χ1v) is 24.5. The maximum Gasteiger partial charge on any atom is 0.265 e. The van der Waals surface area contributed by atoms with E-state index in [0.717, 1.165) is 23.2 Å². The summed E-state index contributed by atoms with van der Waals surface area (Å²) in [6, 6.07) is 17.0. The van der Waals surface area contributed by atoms with Crippen molar-refractivity contribution in [2.24, 2.45) is 0 Å². The molecule has 1 unspecified atom stereocenters. The number of carbonyl (C=O) groups excluding carboxylic acids is 2. The van der Waals surface area contributed by atoms with Gasteiger partial charge in [0.15, 0.2) is 16.4 Å². The van der Waals surface area contributed by atoms with Gasteiger partial charge in [0.05, 0.1) is 22.1 Å². The van der Waals surface area contributed by atoms with Gasteiger partial charge in [0.25, 0.3) is 36.1 Å². The SMILES string of the molecule is CS(=O)(=O)O[C@@H]1CCN(c2ccc(S(=O)(=O)Nc3nccs3)cc2)C1=O.O=C1C(NCCc2c(Cl)cccc2Cl)CCN1c1ccc(S(=O)(=O)Nc2nccs2)cc1. The number of anilines is 4. The molecule has 0 radical (unpaired) electrons. The molecule has 4 heterocycles. The topological polar surface area (TPSA) is 214 Å². The van der Waals surface area contributed by atoms with Gasteiger partial charge in [0, 0.05) is 70.6 Å². The Hall–Kier alpha value is -4.19. The van der Waals surface area contributed by atoms with Crippen molar-refractivity contribution in [2.75, 3.05) is 45.1 Å². The molecule has 0 aliphatic carbocycles. The van der Waals surface area contributed by atoms with Crippen molar-refractivity contribution in [3.63, 3.8) is 0 Å². The van der Waals surface area contributed by atoms with Crippen LogP contribution in [0.4, 0.5) is 21.6 Å². The molecule has 58 heavy (non-hydrogen) atoms. The van der Waals surface area contributed by atoms with Crippen LogP contribution in [0.15, 0.2) is 99.7 Å². The Morgan fingerprint density at radius 2 is 1.21 bits per heavy atom. The van der Waals surface area contributed by atoms with Gasteiger partial charge in [-0.2, -0.15) is 8.42 Å². The second-order valence-corrected chi connectivity index (χ2v) is 20.2. The summed E-state index contributed by atoms with van der Waals surface area (Å²) >= 11 is 14.8. The van der Waals surface area contributed by atoms with Gasteiger partial charge in [0.2, 0.25) is 5.91 Å². The van der Waals surface area contributed by atoms with Crippen LogP contribution >= 0.6 is 45.9 Å². The van der Waals surface area contributed by atoms with E-state index in [9.17, 15) is 34.8 Å². The van der Waals surface area contributed by atoms with Gasteiger partial charge in [-0.05, 0) is 79.1 Å². The standard InChI is InChI=1S/C21H20Cl2N4O3S2.C14H15N3O6S3/c22-17-2-1-3-18(23)16(17)8-10-24-19-9-12-27(20(19)28)14-4-6-15(7-5-14)32(29,30)26-21-25-11-13-31-21;1-25(19,20)23-12-6-8-17(13(12)18)10-2-4-11(5-3-10)26(21,22)16-14-15-7-9-24-14/h1-7,11,13,19,24H,8-10,12H2,(H,25,26);2-5,7,9,12H,6,8H2,1H3,(H,15,16)/t;12-/m.1/s1. The first kappa shape index (κ1) is 43.4. The van der Waals surface area contributed by atoms with E-state index in [-0.39, 0.29) is 39.8 Å². The Bertz CT molecular complexity index is 2540. The van der Waals surface area contributed by atoms with Gasteiger partial charge in [-0.1, -0.05) is 29.3 Å². The summed E-state index contributed by atoms with van der Waals surface area (Å²) in [5.74, 6) is -0.529.